The monoisotopic (exact) mass is 1050 g/mol. The summed E-state index contributed by atoms with van der Waals surface area (Å²) in [7, 11) is 0. The van der Waals surface area contributed by atoms with Crippen LogP contribution < -0.4 is 0 Å². The summed E-state index contributed by atoms with van der Waals surface area (Å²) in [5.74, 6) is -0.865. The number of hydrogen-bond acceptors (Lipinski definition) is 6. The number of esters is 3. The van der Waals surface area contributed by atoms with E-state index in [-0.39, 0.29) is 31.1 Å². The maximum atomic E-state index is 12.9. The molecule has 0 fully saturated rings. The van der Waals surface area contributed by atoms with Crippen LogP contribution in [0.5, 0.6) is 0 Å². The van der Waals surface area contributed by atoms with Crippen LogP contribution in [0.2, 0.25) is 0 Å². The molecule has 0 rings (SSSR count). The molecule has 0 aromatic rings. The lowest BCUT2D eigenvalue weighted by Gasteiger charge is -2.18. The lowest BCUT2D eigenvalue weighted by Crippen LogP contribution is -2.30. The molecule has 0 saturated carbocycles. The lowest BCUT2D eigenvalue weighted by molar-refractivity contribution is -0.167. The molecule has 0 N–H and O–H groups in total. The third kappa shape index (κ3) is 62.1. The van der Waals surface area contributed by atoms with Gasteiger partial charge in [0, 0.05) is 19.3 Å². The van der Waals surface area contributed by atoms with Gasteiger partial charge in [-0.15, -0.1) is 0 Å². The predicted octanol–water partition coefficient (Wildman–Crippen LogP) is 22.6. The number of ether oxygens (including phenoxy) is 3. The summed E-state index contributed by atoms with van der Waals surface area (Å²) in [6.45, 7) is 6.65. The molecule has 0 aliphatic heterocycles. The molecular weight excluding hydrogens is 925 g/mol. The molecule has 0 spiro atoms. The standard InChI is InChI=1S/C69H126O6/c1-4-7-10-13-16-19-22-25-27-29-31-32-33-34-35-36-38-39-41-44-47-50-53-56-59-62-68(71)74-65-66(64-73-67(70)61-58-55-52-49-46-43-24-21-18-15-12-9-6-3)75-69(72)63-60-57-54-51-48-45-42-40-37-30-28-26-23-20-17-14-11-8-5-2/h21-22,24-26,28-29,31,66H,4-20,23,27,30,32-65H2,1-3H3/b24-21-,25-22-,28-26-,31-29-. The molecule has 1 unspecified atom stereocenters. The fraction of sp³-hybridized carbons (Fsp3) is 0.841. The van der Waals surface area contributed by atoms with E-state index in [4.69, 9.17) is 14.2 Å². The zero-order valence-electron chi connectivity index (χ0n) is 50.3. The molecule has 6 nitrogen and oxygen atoms in total. The highest BCUT2D eigenvalue weighted by Crippen LogP contribution is 2.17. The van der Waals surface area contributed by atoms with E-state index >= 15 is 0 Å². The van der Waals surface area contributed by atoms with Crippen LogP contribution in [0.15, 0.2) is 48.6 Å². The van der Waals surface area contributed by atoms with Crippen LogP contribution in [0.4, 0.5) is 0 Å². The number of carbonyl (C=O) groups is 3. The second kappa shape index (κ2) is 63.9. The summed E-state index contributed by atoms with van der Waals surface area (Å²) in [5.41, 5.74) is 0. The number of unbranched alkanes of at least 4 members (excludes halogenated alkanes) is 42. The van der Waals surface area contributed by atoms with Crippen LogP contribution >= 0.6 is 0 Å². The summed E-state index contributed by atoms with van der Waals surface area (Å²) in [6, 6.07) is 0. The van der Waals surface area contributed by atoms with Crippen LogP contribution in [0.3, 0.4) is 0 Å². The van der Waals surface area contributed by atoms with Crippen molar-refractivity contribution in [1.29, 1.82) is 0 Å². The minimum atomic E-state index is -0.777. The zero-order valence-corrected chi connectivity index (χ0v) is 50.3. The van der Waals surface area contributed by atoms with Gasteiger partial charge < -0.3 is 14.2 Å². The van der Waals surface area contributed by atoms with E-state index in [0.29, 0.717) is 19.3 Å². The summed E-state index contributed by atoms with van der Waals surface area (Å²) < 4.78 is 16.9. The largest absolute Gasteiger partial charge is 0.462 e. The molecule has 0 aromatic heterocycles. The van der Waals surface area contributed by atoms with Crippen LogP contribution in [-0.4, -0.2) is 37.2 Å². The maximum absolute atomic E-state index is 12.9. The van der Waals surface area contributed by atoms with Crippen LogP contribution in [0, 0.1) is 0 Å². The van der Waals surface area contributed by atoms with E-state index in [1.165, 1.54) is 244 Å². The zero-order chi connectivity index (χ0) is 54.3. The third-order valence-electron chi connectivity index (χ3n) is 14.8. The van der Waals surface area contributed by atoms with Crippen molar-refractivity contribution in [3.63, 3.8) is 0 Å². The predicted molar refractivity (Wildman–Crippen MR) is 325 cm³/mol. The van der Waals surface area contributed by atoms with Crippen molar-refractivity contribution in [2.45, 2.75) is 361 Å². The first-order valence-electron chi connectivity index (χ1n) is 33.1. The van der Waals surface area contributed by atoms with Gasteiger partial charge in [-0.05, 0) is 103 Å². The summed E-state index contributed by atoms with van der Waals surface area (Å²) >= 11 is 0. The summed E-state index contributed by atoms with van der Waals surface area (Å²) in [6.07, 6.45) is 79.8. The van der Waals surface area contributed by atoms with E-state index in [0.717, 1.165) is 70.6 Å². The third-order valence-corrected chi connectivity index (χ3v) is 14.8. The highest BCUT2D eigenvalue weighted by molar-refractivity contribution is 5.71. The Morgan fingerprint density at radius 2 is 0.480 bits per heavy atom. The smallest absolute Gasteiger partial charge is 0.306 e. The quantitative estimate of drug-likeness (QED) is 0.0261. The molecule has 0 aromatic carbocycles. The Morgan fingerprint density at radius 1 is 0.267 bits per heavy atom. The molecular formula is C69H126O6. The van der Waals surface area contributed by atoms with Gasteiger partial charge >= 0.3 is 17.9 Å². The normalized spacial score (nSPS) is 12.3. The number of allylic oxidation sites excluding steroid dienone is 8. The second-order valence-corrected chi connectivity index (χ2v) is 22.4. The summed E-state index contributed by atoms with van der Waals surface area (Å²) in [5, 5.41) is 0. The Hall–Kier alpha value is -2.63. The number of carbonyl (C=O) groups excluding carboxylic acids is 3. The highest BCUT2D eigenvalue weighted by atomic mass is 16.6. The first kappa shape index (κ1) is 72.4. The van der Waals surface area contributed by atoms with E-state index in [9.17, 15) is 14.4 Å². The molecule has 0 heterocycles. The van der Waals surface area contributed by atoms with Gasteiger partial charge in [-0.2, -0.15) is 0 Å². The van der Waals surface area contributed by atoms with Crippen molar-refractivity contribution < 1.29 is 28.6 Å². The van der Waals surface area contributed by atoms with E-state index in [1.54, 1.807) is 0 Å². The second-order valence-electron chi connectivity index (χ2n) is 22.4. The molecule has 0 bridgehead atoms. The first-order chi connectivity index (χ1) is 37.0. The van der Waals surface area contributed by atoms with Crippen molar-refractivity contribution in [2.75, 3.05) is 13.2 Å². The first-order valence-corrected chi connectivity index (χ1v) is 33.1. The van der Waals surface area contributed by atoms with Crippen LogP contribution in [0.1, 0.15) is 355 Å². The molecule has 438 valence electrons. The summed E-state index contributed by atoms with van der Waals surface area (Å²) in [4.78, 5) is 38.3. The van der Waals surface area contributed by atoms with E-state index in [2.05, 4.69) is 69.4 Å². The van der Waals surface area contributed by atoms with Crippen molar-refractivity contribution in [2.24, 2.45) is 0 Å². The van der Waals surface area contributed by atoms with Gasteiger partial charge in [0.25, 0.3) is 0 Å². The average Bonchev–Trinajstić information content (AvgIpc) is 3.41. The molecule has 0 aliphatic rings. The number of hydrogen-bond donors (Lipinski definition) is 0. The Bertz CT molecular complexity index is 1300. The minimum Gasteiger partial charge on any atom is -0.462 e. The molecule has 0 amide bonds. The fourth-order valence-corrected chi connectivity index (χ4v) is 9.76. The van der Waals surface area contributed by atoms with E-state index in [1.807, 2.05) is 0 Å². The minimum absolute atomic E-state index is 0.0741. The highest BCUT2D eigenvalue weighted by Gasteiger charge is 2.19. The van der Waals surface area contributed by atoms with Crippen molar-refractivity contribution in [3.8, 4) is 0 Å². The Balaban J connectivity index is 4.27. The fourth-order valence-electron chi connectivity index (χ4n) is 9.76. The van der Waals surface area contributed by atoms with Gasteiger partial charge in [0.05, 0.1) is 0 Å². The molecule has 0 saturated heterocycles. The van der Waals surface area contributed by atoms with Crippen molar-refractivity contribution >= 4 is 17.9 Å². The lowest BCUT2D eigenvalue weighted by atomic mass is 10.0. The average molecular weight is 1050 g/mol. The molecule has 75 heavy (non-hydrogen) atoms. The van der Waals surface area contributed by atoms with Gasteiger partial charge in [0.2, 0.25) is 0 Å². The van der Waals surface area contributed by atoms with Gasteiger partial charge in [-0.3, -0.25) is 14.4 Å². The van der Waals surface area contributed by atoms with Crippen molar-refractivity contribution in [3.05, 3.63) is 48.6 Å². The topological polar surface area (TPSA) is 78.9 Å². The van der Waals surface area contributed by atoms with Crippen LogP contribution in [0.25, 0.3) is 0 Å². The maximum Gasteiger partial charge on any atom is 0.306 e. The number of rotatable bonds is 61. The van der Waals surface area contributed by atoms with Gasteiger partial charge in [-0.25, -0.2) is 0 Å². The van der Waals surface area contributed by atoms with Crippen molar-refractivity contribution in [1.82, 2.24) is 0 Å². The van der Waals surface area contributed by atoms with Gasteiger partial charge in [0.15, 0.2) is 6.10 Å². The van der Waals surface area contributed by atoms with Crippen LogP contribution in [-0.2, 0) is 28.6 Å². The van der Waals surface area contributed by atoms with Gasteiger partial charge in [0.1, 0.15) is 13.2 Å². The van der Waals surface area contributed by atoms with Gasteiger partial charge in [-0.1, -0.05) is 281 Å². The molecule has 0 aliphatic carbocycles. The molecule has 0 radical (unpaired) electrons. The molecule has 6 heteroatoms. The Labute approximate surface area is 467 Å². The molecule has 1 atom stereocenters. The van der Waals surface area contributed by atoms with E-state index < -0.39 is 6.10 Å². The SMILES string of the molecule is CCCCCC/C=C\CCCCCCCC(=O)OCC(COC(=O)CCCCCCCCCCCCCCC/C=C\C/C=C\CCCCCCC)OC(=O)CCCCCCCCCCC/C=C\CCCCCCCC. The Kier molecular flexibility index (Phi) is 61.7. The Morgan fingerprint density at radius 3 is 0.760 bits per heavy atom.